The molecule has 0 aromatic carbocycles. The number of unbranched alkanes of at least 4 members (excludes halogenated alkanes) is 1. The maximum Gasteiger partial charge on any atom is 0.303 e. The molecule has 0 radical (unpaired) electrons. The fourth-order valence-corrected chi connectivity index (χ4v) is 4.68. The number of hydrogen-bond donors (Lipinski definition) is 1. The van der Waals surface area contributed by atoms with E-state index >= 15 is 0 Å². The van der Waals surface area contributed by atoms with Crippen LogP contribution in [0, 0.1) is 17.8 Å². The molecule has 2 aliphatic heterocycles. The van der Waals surface area contributed by atoms with Gasteiger partial charge in [0, 0.05) is 18.3 Å². The summed E-state index contributed by atoms with van der Waals surface area (Å²) in [5.74, 6) is 0.647. The van der Waals surface area contributed by atoms with Crippen LogP contribution in [-0.2, 0) is 14.3 Å². The van der Waals surface area contributed by atoms with Crippen molar-refractivity contribution in [2.24, 2.45) is 17.8 Å². The van der Waals surface area contributed by atoms with Crippen molar-refractivity contribution in [1.29, 1.82) is 0 Å². The van der Waals surface area contributed by atoms with E-state index in [2.05, 4.69) is 18.2 Å². The number of ketones is 1. The molecule has 3 aliphatic rings. The number of rotatable bonds is 9. The summed E-state index contributed by atoms with van der Waals surface area (Å²) in [6.07, 6.45) is 18.3. The topological polar surface area (TPSA) is 63.6 Å². The van der Waals surface area contributed by atoms with Gasteiger partial charge >= 0.3 is 5.97 Å². The molecule has 0 aromatic rings. The second kappa shape index (κ2) is 8.79. The van der Waals surface area contributed by atoms with Crippen LogP contribution in [0.4, 0.5) is 0 Å². The first-order valence-corrected chi connectivity index (χ1v) is 9.89. The number of carbonyl (C=O) groups is 2. The lowest BCUT2D eigenvalue weighted by Gasteiger charge is -2.24. The first-order chi connectivity index (χ1) is 12.1. The zero-order valence-corrected chi connectivity index (χ0v) is 14.9. The van der Waals surface area contributed by atoms with E-state index in [1.807, 2.05) is 6.08 Å². The van der Waals surface area contributed by atoms with Crippen molar-refractivity contribution in [3.05, 3.63) is 24.3 Å². The molecule has 3 fully saturated rings. The van der Waals surface area contributed by atoms with Crippen molar-refractivity contribution in [1.82, 2.24) is 0 Å². The molecule has 138 valence electrons. The minimum atomic E-state index is -0.730. The van der Waals surface area contributed by atoms with Gasteiger partial charge < -0.3 is 9.84 Å². The van der Waals surface area contributed by atoms with Crippen LogP contribution in [0.25, 0.3) is 0 Å². The summed E-state index contributed by atoms with van der Waals surface area (Å²) in [4.78, 5) is 22.8. The highest BCUT2D eigenvalue weighted by atomic mass is 16.5. The van der Waals surface area contributed by atoms with Crippen molar-refractivity contribution in [3.63, 3.8) is 0 Å². The molecule has 0 aromatic heterocycles. The van der Waals surface area contributed by atoms with Gasteiger partial charge in [-0.15, -0.1) is 0 Å². The van der Waals surface area contributed by atoms with Crippen molar-refractivity contribution in [3.8, 4) is 0 Å². The highest BCUT2D eigenvalue weighted by molar-refractivity contribution is 5.91. The molecule has 0 spiro atoms. The van der Waals surface area contributed by atoms with Crippen LogP contribution in [-0.4, -0.2) is 29.1 Å². The molecule has 0 unspecified atom stereocenters. The lowest BCUT2D eigenvalue weighted by Crippen LogP contribution is -2.25. The van der Waals surface area contributed by atoms with E-state index in [-0.39, 0.29) is 18.4 Å². The van der Waals surface area contributed by atoms with Crippen LogP contribution in [0.2, 0.25) is 0 Å². The molecule has 2 bridgehead atoms. The Labute approximate surface area is 150 Å². The van der Waals surface area contributed by atoms with E-state index in [0.717, 1.165) is 38.5 Å². The maximum absolute atomic E-state index is 12.3. The van der Waals surface area contributed by atoms with Gasteiger partial charge in [0.05, 0.1) is 12.2 Å². The highest BCUT2D eigenvalue weighted by Gasteiger charge is 2.46. The third-order valence-corrected chi connectivity index (χ3v) is 6.06. The molecule has 3 rings (SSSR count). The van der Waals surface area contributed by atoms with Gasteiger partial charge in [-0.25, -0.2) is 0 Å². The normalized spacial score (nSPS) is 32.3. The Morgan fingerprint density at radius 1 is 1.04 bits per heavy atom. The molecule has 25 heavy (non-hydrogen) atoms. The average Bonchev–Trinajstić information content (AvgIpc) is 3.32. The van der Waals surface area contributed by atoms with Gasteiger partial charge in [-0.3, -0.25) is 9.59 Å². The summed E-state index contributed by atoms with van der Waals surface area (Å²) in [6.45, 7) is 0. The number of ether oxygens (including phenoxy) is 1. The Morgan fingerprint density at radius 3 is 2.56 bits per heavy atom. The molecule has 1 aliphatic carbocycles. The predicted molar refractivity (Wildman–Crippen MR) is 96.2 cm³/mol. The Kier molecular flexibility index (Phi) is 6.46. The van der Waals surface area contributed by atoms with Gasteiger partial charge in [0.2, 0.25) is 0 Å². The molecule has 4 atom stereocenters. The number of carbonyl (C=O) groups excluding carboxylic acids is 1. The van der Waals surface area contributed by atoms with E-state index in [1.165, 1.54) is 12.8 Å². The van der Waals surface area contributed by atoms with Gasteiger partial charge in [-0.05, 0) is 56.9 Å². The average molecular weight is 346 g/mol. The molecule has 1 N–H and O–H groups in total. The van der Waals surface area contributed by atoms with Crippen LogP contribution in [0.5, 0.6) is 0 Å². The molecular weight excluding hydrogens is 316 g/mol. The Hall–Kier alpha value is -1.42. The zero-order chi connectivity index (χ0) is 17.6. The quantitative estimate of drug-likeness (QED) is 0.384. The summed E-state index contributed by atoms with van der Waals surface area (Å²) in [5.41, 5.74) is 0. The smallest absolute Gasteiger partial charge is 0.303 e. The standard InChI is InChI=1S/C21H30O4/c22-18(15-7-5-6-8-15)12-11-17-16(19-13-14-20(17)25-19)9-3-1-2-4-10-21(23)24/h1,3,11-12,15-17,19-20H,2,4-10,13-14H2,(H,23,24)/b3-1-,12-11+/t16-,17-,19+,20-/m0/s1. The largest absolute Gasteiger partial charge is 0.481 e. The van der Waals surface area contributed by atoms with Gasteiger partial charge in [0.25, 0.3) is 0 Å². The van der Waals surface area contributed by atoms with Crippen LogP contribution < -0.4 is 0 Å². The summed E-state index contributed by atoms with van der Waals surface area (Å²) in [6, 6.07) is 0. The number of carboxylic acids is 1. The third-order valence-electron chi connectivity index (χ3n) is 6.06. The van der Waals surface area contributed by atoms with Crippen LogP contribution in [0.1, 0.15) is 64.2 Å². The lowest BCUT2D eigenvalue weighted by molar-refractivity contribution is -0.137. The number of allylic oxidation sites excluding steroid dienone is 3. The molecule has 1 saturated carbocycles. The number of carboxylic acid groups (broad SMARTS) is 1. The zero-order valence-electron chi connectivity index (χ0n) is 14.9. The number of fused-ring (bicyclic) bond motifs is 2. The predicted octanol–water partition coefficient (Wildman–Crippen LogP) is 4.30. The second-order valence-electron chi connectivity index (χ2n) is 7.77. The minimum absolute atomic E-state index is 0.232. The molecule has 2 heterocycles. The monoisotopic (exact) mass is 346 g/mol. The summed E-state index contributed by atoms with van der Waals surface area (Å²) >= 11 is 0. The SMILES string of the molecule is O=C(O)CCC/C=C\C[C@H]1[C@H](/C=C/C(=O)C2CCCC2)[C@@H]2CC[C@H]1O2. The van der Waals surface area contributed by atoms with E-state index < -0.39 is 5.97 Å². The van der Waals surface area contributed by atoms with Gasteiger partial charge in [-0.2, -0.15) is 0 Å². The molecule has 2 saturated heterocycles. The summed E-state index contributed by atoms with van der Waals surface area (Å²) in [5, 5.41) is 8.66. The van der Waals surface area contributed by atoms with Crippen LogP contribution >= 0.6 is 0 Å². The molecule has 4 nitrogen and oxygen atoms in total. The first-order valence-electron chi connectivity index (χ1n) is 9.89. The second-order valence-corrected chi connectivity index (χ2v) is 7.77. The van der Waals surface area contributed by atoms with E-state index in [0.29, 0.717) is 30.1 Å². The van der Waals surface area contributed by atoms with Crippen LogP contribution in [0.15, 0.2) is 24.3 Å². The maximum atomic E-state index is 12.3. The fraction of sp³-hybridized carbons (Fsp3) is 0.714. The third kappa shape index (κ3) is 4.81. The van der Waals surface area contributed by atoms with Gasteiger partial charge in [0.1, 0.15) is 0 Å². The lowest BCUT2D eigenvalue weighted by atomic mass is 9.77. The first kappa shape index (κ1) is 18.4. The number of hydrogen-bond acceptors (Lipinski definition) is 3. The Balaban J connectivity index is 1.50. The van der Waals surface area contributed by atoms with Crippen molar-refractivity contribution in [2.45, 2.75) is 76.4 Å². The summed E-state index contributed by atoms with van der Waals surface area (Å²) < 4.78 is 6.09. The van der Waals surface area contributed by atoms with Crippen molar-refractivity contribution in [2.75, 3.05) is 0 Å². The molecule has 0 amide bonds. The van der Waals surface area contributed by atoms with Gasteiger partial charge in [0.15, 0.2) is 5.78 Å². The van der Waals surface area contributed by atoms with Crippen molar-refractivity contribution >= 4 is 11.8 Å². The van der Waals surface area contributed by atoms with Gasteiger partial charge in [-0.1, -0.05) is 31.1 Å². The van der Waals surface area contributed by atoms with E-state index in [9.17, 15) is 9.59 Å². The molecule has 4 heteroatoms. The Morgan fingerprint density at radius 2 is 1.80 bits per heavy atom. The van der Waals surface area contributed by atoms with E-state index in [4.69, 9.17) is 9.84 Å². The van der Waals surface area contributed by atoms with Crippen molar-refractivity contribution < 1.29 is 19.4 Å². The fourth-order valence-electron chi connectivity index (χ4n) is 4.68. The molecular formula is C21H30O4. The highest BCUT2D eigenvalue weighted by Crippen LogP contribution is 2.46. The van der Waals surface area contributed by atoms with E-state index in [1.54, 1.807) is 0 Å². The Bertz CT molecular complexity index is 530. The minimum Gasteiger partial charge on any atom is -0.481 e. The summed E-state index contributed by atoms with van der Waals surface area (Å²) in [7, 11) is 0. The number of aliphatic carboxylic acids is 1. The van der Waals surface area contributed by atoms with Crippen LogP contribution in [0.3, 0.4) is 0 Å².